The van der Waals surface area contributed by atoms with E-state index in [2.05, 4.69) is 0 Å². The predicted molar refractivity (Wildman–Crippen MR) is 52.5 cm³/mol. The lowest BCUT2D eigenvalue weighted by Gasteiger charge is -2.38. The van der Waals surface area contributed by atoms with E-state index in [0.717, 1.165) is 0 Å². The molecule has 1 fully saturated rings. The summed E-state index contributed by atoms with van der Waals surface area (Å²) in [4.78, 5) is 0. The average molecular weight is 206 g/mol. The van der Waals surface area contributed by atoms with E-state index in [1.807, 2.05) is 20.8 Å². The van der Waals surface area contributed by atoms with Gasteiger partial charge in [0.15, 0.2) is 9.84 Å². The first-order valence-electron chi connectivity index (χ1n) is 4.57. The van der Waals surface area contributed by atoms with Crippen LogP contribution in [-0.4, -0.2) is 31.6 Å². The van der Waals surface area contributed by atoms with Crippen LogP contribution in [-0.2, 0) is 14.6 Å². The molecule has 0 amide bonds. The van der Waals surface area contributed by atoms with Crippen molar-refractivity contribution in [2.75, 3.05) is 6.26 Å². The first-order chi connectivity index (χ1) is 5.71. The Bertz CT molecular complexity index is 279. The molecule has 0 aliphatic carbocycles. The molecule has 0 spiro atoms. The Labute approximate surface area is 80.4 Å². The van der Waals surface area contributed by atoms with Gasteiger partial charge < -0.3 is 4.74 Å². The maximum absolute atomic E-state index is 11.4. The summed E-state index contributed by atoms with van der Waals surface area (Å²) in [6.07, 6.45) is 2.59. The van der Waals surface area contributed by atoms with Crippen LogP contribution in [0.3, 0.4) is 0 Å². The van der Waals surface area contributed by atoms with Crippen molar-refractivity contribution in [3.63, 3.8) is 0 Å². The molecule has 1 aliphatic heterocycles. The van der Waals surface area contributed by atoms with Gasteiger partial charge in [0.2, 0.25) is 0 Å². The summed E-state index contributed by atoms with van der Waals surface area (Å²) in [5.41, 5.74) is -0.300. The second-order valence-corrected chi connectivity index (χ2v) is 6.91. The monoisotopic (exact) mass is 206 g/mol. The zero-order chi connectivity index (χ0) is 10.3. The second kappa shape index (κ2) is 3.24. The van der Waals surface area contributed by atoms with Crippen molar-refractivity contribution < 1.29 is 13.2 Å². The average Bonchev–Trinajstić information content (AvgIpc) is 1.79. The summed E-state index contributed by atoms with van der Waals surface area (Å²) >= 11 is 0. The Balaban J connectivity index is 2.81. The van der Waals surface area contributed by atoms with E-state index in [4.69, 9.17) is 4.74 Å². The predicted octanol–water partition coefficient (Wildman–Crippen LogP) is 1.38. The fraction of sp³-hybridized carbons (Fsp3) is 1.00. The first-order valence-corrected chi connectivity index (χ1v) is 6.53. The zero-order valence-electron chi connectivity index (χ0n) is 8.70. The van der Waals surface area contributed by atoms with E-state index < -0.39 is 9.84 Å². The Morgan fingerprint density at radius 3 is 2.31 bits per heavy atom. The number of hydrogen-bond acceptors (Lipinski definition) is 3. The molecule has 2 atom stereocenters. The van der Waals surface area contributed by atoms with Gasteiger partial charge in [0.05, 0.1) is 17.0 Å². The van der Waals surface area contributed by atoms with Crippen LogP contribution in [0, 0.1) is 0 Å². The van der Waals surface area contributed by atoms with Gasteiger partial charge in [0.1, 0.15) is 0 Å². The fourth-order valence-corrected chi connectivity index (χ4v) is 3.29. The van der Waals surface area contributed by atoms with Crippen molar-refractivity contribution >= 4 is 9.84 Å². The normalized spacial score (nSPS) is 34.5. The third kappa shape index (κ3) is 2.95. The highest BCUT2D eigenvalue weighted by Crippen LogP contribution is 2.31. The van der Waals surface area contributed by atoms with E-state index in [9.17, 15) is 8.42 Å². The molecule has 0 aromatic carbocycles. The fourth-order valence-electron chi connectivity index (χ4n) is 1.97. The SMILES string of the molecule is CC1CC(S(C)(=O)=O)CC(C)(C)O1. The first kappa shape index (κ1) is 11.0. The molecule has 1 aliphatic rings. The van der Waals surface area contributed by atoms with Crippen LogP contribution in [0.25, 0.3) is 0 Å². The standard InChI is InChI=1S/C9H18O3S/c1-7-5-8(13(4,10)11)6-9(2,3)12-7/h7-8H,5-6H2,1-4H3. The number of hydrogen-bond donors (Lipinski definition) is 0. The van der Waals surface area contributed by atoms with Gasteiger partial charge >= 0.3 is 0 Å². The number of ether oxygens (including phenoxy) is 1. The van der Waals surface area contributed by atoms with Gasteiger partial charge in [0, 0.05) is 6.26 Å². The van der Waals surface area contributed by atoms with Gasteiger partial charge in [-0.3, -0.25) is 0 Å². The van der Waals surface area contributed by atoms with Crippen LogP contribution >= 0.6 is 0 Å². The highest BCUT2D eigenvalue weighted by atomic mass is 32.2. The van der Waals surface area contributed by atoms with Crippen molar-refractivity contribution in [1.29, 1.82) is 0 Å². The lowest BCUT2D eigenvalue weighted by molar-refractivity contribution is -0.0962. The summed E-state index contributed by atoms with van der Waals surface area (Å²) in [6, 6.07) is 0. The lowest BCUT2D eigenvalue weighted by Crippen LogP contribution is -2.43. The molecular formula is C9H18O3S. The van der Waals surface area contributed by atoms with E-state index in [0.29, 0.717) is 12.8 Å². The minimum atomic E-state index is -2.91. The van der Waals surface area contributed by atoms with Crippen molar-refractivity contribution in [3.05, 3.63) is 0 Å². The Kier molecular flexibility index (Phi) is 2.74. The Morgan fingerprint density at radius 2 is 1.92 bits per heavy atom. The van der Waals surface area contributed by atoms with Crippen molar-refractivity contribution in [2.45, 2.75) is 50.6 Å². The van der Waals surface area contributed by atoms with E-state index >= 15 is 0 Å². The van der Waals surface area contributed by atoms with E-state index in [1.54, 1.807) is 0 Å². The minimum absolute atomic E-state index is 0.0449. The van der Waals surface area contributed by atoms with Crippen LogP contribution < -0.4 is 0 Å². The van der Waals surface area contributed by atoms with Crippen LogP contribution in [0.4, 0.5) is 0 Å². The molecule has 3 nitrogen and oxygen atoms in total. The molecule has 0 radical (unpaired) electrons. The van der Waals surface area contributed by atoms with Gasteiger partial charge in [-0.1, -0.05) is 0 Å². The summed E-state index contributed by atoms with van der Waals surface area (Å²) in [5.74, 6) is 0. The third-order valence-electron chi connectivity index (χ3n) is 2.44. The van der Waals surface area contributed by atoms with E-state index in [-0.39, 0.29) is 17.0 Å². The molecule has 0 aromatic heterocycles. The van der Waals surface area contributed by atoms with Crippen molar-refractivity contribution in [2.24, 2.45) is 0 Å². The van der Waals surface area contributed by atoms with Crippen molar-refractivity contribution in [1.82, 2.24) is 0 Å². The van der Waals surface area contributed by atoms with Crippen LogP contribution in [0.15, 0.2) is 0 Å². The highest BCUT2D eigenvalue weighted by molar-refractivity contribution is 7.91. The highest BCUT2D eigenvalue weighted by Gasteiger charge is 2.37. The maximum atomic E-state index is 11.4. The van der Waals surface area contributed by atoms with Crippen molar-refractivity contribution in [3.8, 4) is 0 Å². The molecule has 2 unspecified atom stereocenters. The van der Waals surface area contributed by atoms with Gasteiger partial charge in [-0.05, 0) is 33.6 Å². The quantitative estimate of drug-likeness (QED) is 0.651. The Morgan fingerprint density at radius 1 is 1.38 bits per heavy atom. The summed E-state index contributed by atoms with van der Waals surface area (Å²) < 4.78 is 28.4. The molecule has 13 heavy (non-hydrogen) atoms. The van der Waals surface area contributed by atoms with Gasteiger partial charge in [-0.25, -0.2) is 8.42 Å². The van der Waals surface area contributed by atoms with Gasteiger partial charge in [0.25, 0.3) is 0 Å². The van der Waals surface area contributed by atoms with Crippen LogP contribution in [0.5, 0.6) is 0 Å². The molecule has 1 saturated heterocycles. The van der Waals surface area contributed by atoms with Crippen LogP contribution in [0.1, 0.15) is 33.6 Å². The van der Waals surface area contributed by atoms with Gasteiger partial charge in [-0.2, -0.15) is 0 Å². The molecule has 0 bridgehead atoms. The molecule has 1 heterocycles. The summed E-state index contributed by atoms with van der Waals surface area (Å²) in [5, 5.41) is -0.230. The smallest absolute Gasteiger partial charge is 0.150 e. The molecular weight excluding hydrogens is 188 g/mol. The molecule has 0 aromatic rings. The maximum Gasteiger partial charge on any atom is 0.150 e. The van der Waals surface area contributed by atoms with E-state index in [1.165, 1.54) is 6.26 Å². The molecule has 0 N–H and O–H groups in total. The lowest BCUT2D eigenvalue weighted by atomic mass is 9.95. The molecule has 0 saturated carbocycles. The second-order valence-electron chi connectivity index (χ2n) is 4.58. The Hall–Kier alpha value is -0.0900. The summed E-state index contributed by atoms with van der Waals surface area (Å²) in [6.45, 7) is 5.82. The number of rotatable bonds is 1. The van der Waals surface area contributed by atoms with Crippen LogP contribution in [0.2, 0.25) is 0 Å². The molecule has 78 valence electrons. The third-order valence-corrected chi connectivity index (χ3v) is 4.01. The van der Waals surface area contributed by atoms with Gasteiger partial charge in [-0.15, -0.1) is 0 Å². The number of sulfone groups is 1. The zero-order valence-corrected chi connectivity index (χ0v) is 9.52. The minimum Gasteiger partial charge on any atom is -0.373 e. The molecule has 4 heteroatoms. The molecule has 1 rings (SSSR count). The summed E-state index contributed by atoms with van der Waals surface area (Å²) in [7, 11) is -2.91. The topological polar surface area (TPSA) is 43.4 Å². The largest absolute Gasteiger partial charge is 0.373 e.